The second-order valence-corrected chi connectivity index (χ2v) is 10.00. The molecule has 0 spiro atoms. The maximum absolute atomic E-state index is 12.0. The molecule has 6 atom stereocenters. The summed E-state index contributed by atoms with van der Waals surface area (Å²) in [5.74, 6) is 0.668. The standard InChI is InChI=1S/C24H32O4/c1-23-11-9-17(26)13-16(23)4-5-18-20-7-6-19(15(14-25)3-8-22(27)28)24(20,2)12-10-21(18)23/h7,13-15,18-19,21H,3-6,8-12H2,1-2H3,(H,27,28)/t15-,18-,19+,21-,23-,24+/m0/s1. The van der Waals surface area contributed by atoms with E-state index < -0.39 is 5.97 Å². The molecule has 4 heteroatoms. The lowest BCUT2D eigenvalue weighted by molar-refractivity contribution is -0.137. The van der Waals surface area contributed by atoms with Crippen LogP contribution in [0.25, 0.3) is 0 Å². The molecular formula is C24H32O4. The topological polar surface area (TPSA) is 71.4 Å². The number of carbonyl (C=O) groups excluding carboxylic acids is 2. The lowest BCUT2D eigenvalue weighted by Gasteiger charge is -2.56. The molecule has 2 saturated carbocycles. The molecule has 4 rings (SSSR count). The normalized spacial score (nSPS) is 40.5. The fraction of sp³-hybridized carbons (Fsp3) is 0.708. The molecule has 1 N–H and O–H groups in total. The molecule has 0 bridgehead atoms. The fourth-order valence-corrected chi connectivity index (χ4v) is 7.23. The number of fused-ring (bicyclic) bond motifs is 5. The van der Waals surface area contributed by atoms with Gasteiger partial charge in [0, 0.05) is 18.8 Å². The molecule has 4 aliphatic carbocycles. The molecule has 0 amide bonds. The third-order valence-electron chi connectivity index (χ3n) is 8.82. The summed E-state index contributed by atoms with van der Waals surface area (Å²) < 4.78 is 0. The van der Waals surface area contributed by atoms with Gasteiger partial charge in [0.25, 0.3) is 0 Å². The monoisotopic (exact) mass is 384 g/mol. The molecule has 0 radical (unpaired) electrons. The number of carbonyl (C=O) groups is 3. The SMILES string of the molecule is C[C@]12CC[C@H]3[C@@H](CCC4=CC(=O)CC[C@@]43C)C1=CC[C@@H]2[C@H](C=O)CCC(=O)O. The molecule has 28 heavy (non-hydrogen) atoms. The maximum atomic E-state index is 12.0. The van der Waals surface area contributed by atoms with Crippen molar-refractivity contribution in [3.8, 4) is 0 Å². The maximum Gasteiger partial charge on any atom is 0.303 e. The number of ketones is 1. The molecule has 0 saturated heterocycles. The van der Waals surface area contributed by atoms with E-state index in [1.54, 1.807) is 0 Å². The summed E-state index contributed by atoms with van der Waals surface area (Å²) in [6.45, 7) is 4.70. The number of hydrogen-bond donors (Lipinski definition) is 1. The Balaban J connectivity index is 1.58. The van der Waals surface area contributed by atoms with Gasteiger partial charge in [-0.15, -0.1) is 0 Å². The molecule has 0 heterocycles. The van der Waals surface area contributed by atoms with Crippen molar-refractivity contribution < 1.29 is 19.5 Å². The van der Waals surface area contributed by atoms with Crippen LogP contribution in [0.3, 0.4) is 0 Å². The Morgan fingerprint density at radius 3 is 2.75 bits per heavy atom. The lowest BCUT2D eigenvalue weighted by atomic mass is 9.48. The molecule has 0 aliphatic heterocycles. The van der Waals surface area contributed by atoms with Gasteiger partial charge in [-0.25, -0.2) is 0 Å². The van der Waals surface area contributed by atoms with E-state index in [-0.39, 0.29) is 29.1 Å². The average Bonchev–Trinajstić information content (AvgIpc) is 3.00. The zero-order chi connectivity index (χ0) is 20.1. The van der Waals surface area contributed by atoms with E-state index >= 15 is 0 Å². The highest BCUT2D eigenvalue weighted by Crippen LogP contribution is 2.65. The highest BCUT2D eigenvalue weighted by Gasteiger charge is 2.56. The van der Waals surface area contributed by atoms with Gasteiger partial charge in [-0.2, -0.15) is 0 Å². The molecule has 0 unspecified atom stereocenters. The molecular weight excluding hydrogens is 352 g/mol. The van der Waals surface area contributed by atoms with Crippen molar-refractivity contribution in [2.75, 3.05) is 0 Å². The number of aldehydes is 1. The van der Waals surface area contributed by atoms with E-state index in [0.717, 1.165) is 44.8 Å². The second-order valence-electron chi connectivity index (χ2n) is 10.00. The quantitative estimate of drug-likeness (QED) is 0.549. The predicted octanol–water partition coefficient (Wildman–Crippen LogP) is 4.73. The summed E-state index contributed by atoms with van der Waals surface area (Å²) in [6.07, 6.45) is 12.7. The van der Waals surface area contributed by atoms with E-state index in [0.29, 0.717) is 30.5 Å². The van der Waals surface area contributed by atoms with Crippen LogP contribution < -0.4 is 0 Å². The first-order valence-electron chi connectivity index (χ1n) is 10.9. The van der Waals surface area contributed by atoms with Crippen molar-refractivity contribution in [2.24, 2.45) is 34.5 Å². The Morgan fingerprint density at radius 1 is 1.25 bits per heavy atom. The van der Waals surface area contributed by atoms with Crippen LogP contribution in [0.15, 0.2) is 23.3 Å². The number of carboxylic acid groups (broad SMARTS) is 1. The van der Waals surface area contributed by atoms with Crippen molar-refractivity contribution >= 4 is 18.0 Å². The van der Waals surface area contributed by atoms with Crippen LogP contribution in [0.5, 0.6) is 0 Å². The van der Waals surface area contributed by atoms with Crippen LogP contribution >= 0.6 is 0 Å². The molecule has 0 aromatic carbocycles. The third-order valence-corrected chi connectivity index (χ3v) is 8.82. The van der Waals surface area contributed by atoms with E-state index in [4.69, 9.17) is 5.11 Å². The highest BCUT2D eigenvalue weighted by atomic mass is 16.4. The van der Waals surface area contributed by atoms with Gasteiger partial charge in [0.15, 0.2) is 5.78 Å². The number of allylic oxidation sites excluding steroid dienone is 4. The van der Waals surface area contributed by atoms with E-state index in [1.165, 1.54) is 11.1 Å². The summed E-state index contributed by atoms with van der Waals surface area (Å²) in [4.78, 5) is 34.8. The zero-order valence-corrected chi connectivity index (χ0v) is 17.1. The predicted molar refractivity (Wildman–Crippen MR) is 107 cm³/mol. The number of carboxylic acids is 1. The van der Waals surface area contributed by atoms with E-state index in [2.05, 4.69) is 19.9 Å². The van der Waals surface area contributed by atoms with Crippen LogP contribution in [0, 0.1) is 34.5 Å². The highest BCUT2D eigenvalue weighted by molar-refractivity contribution is 5.91. The summed E-state index contributed by atoms with van der Waals surface area (Å²) in [7, 11) is 0. The van der Waals surface area contributed by atoms with Gasteiger partial charge in [0.05, 0.1) is 0 Å². The Kier molecular flexibility index (Phi) is 4.87. The lowest BCUT2D eigenvalue weighted by Crippen LogP contribution is -2.48. The first-order chi connectivity index (χ1) is 13.3. The minimum atomic E-state index is -0.821. The Labute approximate surface area is 167 Å². The van der Waals surface area contributed by atoms with Crippen LogP contribution in [0.2, 0.25) is 0 Å². The smallest absolute Gasteiger partial charge is 0.303 e. The second kappa shape index (κ2) is 6.96. The Bertz CT molecular complexity index is 763. The van der Waals surface area contributed by atoms with Gasteiger partial charge >= 0.3 is 5.97 Å². The Morgan fingerprint density at radius 2 is 2.04 bits per heavy atom. The van der Waals surface area contributed by atoms with Crippen molar-refractivity contribution in [1.82, 2.24) is 0 Å². The zero-order valence-electron chi connectivity index (χ0n) is 17.1. The van der Waals surface area contributed by atoms with E-state index in [9.17, 15) is 14.4 Å². The van der Waals surface area contributed by atoms with Gasteiger partial charge in [-0.3, -0.25) is 9.59 Å². The minimum Gasteiger partial charge on any atom is -0.481 e. The van der Waals surface area contributed by atoms with Crippen LogP contribution in [0.1, 0.15) is 71.6 Å². The summed E-state index contributed by atoms with van der Waals surface area (Å²) in [5, 5.41) is 9.05. The summed E-state index contributed by atoms with van der Waals surface area (Å²) in [6, 6.07) is 0. The fourth-order valence-electron chi connectivity index (χ4n) is 7.23. The summed E-state index contributed by atoms with van der Waals surface area (Å²) >= 11 is 0. The molecule has 0 aromatic rings. The Hall–Kier alpha value is -1.71. The van der Waals surface area contributed by atoms with Gasteiger partial charge in [-0.1, -0.05) is 31.1 Å². The van der Waals surface area contributed by atoms with Crippen LogP contribution in [-0.4, -0.2) is 23.1 Å². The van der Waals surface area contributed by atoms with Gasteiger partial charge in [-0.05, 0) is 79.6 Å². The molecule has 0 aromatic heterocycles. The number of aliphatic carboxylic acids is 1. The van der Waals surface area contributed by atoms with Crippen molar-refractivity contribution in [3.63, 3.8) is 0 Å². The van der Waals surface area contributed by atoms with Crippen molar-refractivity contribution in [1.29, 1.82) is 0 Å². The van der Waals surface area contributed by atoms with Gasteiger partial charge < -0.3 is 9.90 Å². The minimum absolute atomic E-state index is 0.0211. The van der Waals surface area contributed by atoms with Crippen molar-refractivity contribution in [3.05, 3.63) is 23.3 Å². The summed E-state index contributed by atoms with van der Waals surface area (Å²) in [5.41, 5.74) is 3.07. The third kappa shape index (κ3) is 2.91. The first-order valence-corrected chi connectivity index (χ1v) is 10.9. The first kappa shape index (κ1) is 19.6. The molecule has 4 nitrogen and oxygen atoms in total. The van der Waals surface area contributed by atoms with Crippen molar-refractivity contribution in [2.45, 2.75) is 71.6 Å². The van der Waals surface area contributed by atoms with E-state index in [1.807, 2.05) is 6.08 Å². The number of rotatable bonds is 5. The molecule has 2 fully saturated rings. The van der Waals surface area contributed by atoms with Gasteiger partial charge in [0.1, 0.15) is 6.29 Å². The number of hydrogen-bond acceptors (Lipinski definition) is 3. The largest absolute Gasteiger partial charge is 0.481 e. The molecule has 152 valence electrons. The van der Waals surface area contributed by atoms with Crippen LogP contribution in [-0.2, 0) is 14.4 Å². The molecule has 4 aliphatic rings. The average molecular weight is 385 g/mol. The van der Waals surface area contributed by atoms with Gasteiger partial charge in [0.2, 0.25) is 0 Å². The van der Waals surface area contributed by atoms with Crippen LogP contribution in [0.4, 0.5) is 0 Å².